The molecule has 162 valence electrons. The molecular formula is C25H25N5O2. The summed E-state index contributed by atoms with van der Waals surface area (Å²) in [5.74, 6) is 0.576. The molecule has 0 fully saturated rings. The molecule has 32 heavy (non-hydrogen) atoms. The van der Waals surface area contributed by atoms with Crippen molar-refractivity contribution in [2.75, 3.05) is 29.2 Å². The van der Waals surface area contributed by atoms with Crippen LogP contribution in [-0.2, 0) is 12.9 Å². The third kappa shape index (κ3) is 3.73. The number of pyridine rings is 1. The van der Waals surface area contributed by atoms with Gasteiger partial charge >= 0.3 is 6.03 Å². The molecular weight excluding hydrogens is 402 g/mol. The van der Waals surface area contributed by atoms with E-state index in [4.69, 9.17) is 7.48 Å². The number of rotatable bonds is 5. The number of aromatic amines is 1. The standard InChI is InChI=1S/C25H25N5O2/c1-16-8-9-23(32-2)21(13-16)29-25(31)28-20-6-3-7-22-19(20)10-12-30(22)15-17-14-27-24-18(17)5-4-11-26-24/h3-9,11,13-14H,10,12,15H2,1-2H3,(H,26,27)(H2,28,29,31)/i15D2. The van der Waals surface area contributed by atoms with E-state index in [2.05, 4.69) is 20.6 Å². The summed E-state index contributed by atoms with van der Waals surface area (Å²) in [6, 6.07) is 14.4. The average molecular weight is 430 g/mol. The van der Waals surface area contributed by atoms with E-state index < -0.39 is 6.50 Å². The Morgan fingerprint density at radius 3 is 2.97 bits per heavy atom. The Kier molecular flexibility index (Phi) is 4.56. The number of ether oxygens (including phenoxy) is 1. The number of aryl methyl sites for hydroxylation is 1. The van der Waals surface area contributed by atoms with Crippen molar-refractivity contribution in [2.24, 2.45) is 0 Å². The number of fused-ring (bicyclic) bond motifs is 2. The first-order valence-corrected chi connectivity index (χ1v) is 10.4. The van der Waals surface area contributed by atoms with Gasteiger partial charge in [0, 0.05) is 47.8 Å². The zero-order valence-corrected chi connectivity index (χ0v) is 17.9. The molecule has 0 saturated heterocycles. The first-order valence-electron chi connectivity index (χ1n) is 11.4. The number of benzene rings is 2. The van der Waals surface area contributed by atoms with Crippen LogP contribution in [0.15, 0.2) is 60.9 Å². The lowest BCUT2D eigenvalue weighted by Gasteiger charge is -2.20. The minimum absolute atomic E-state index is 0.388. The van der Waals surface area contributed by atoms with Crippen molar-refractivity contribution >= 4 is 34.1 Å². The molecule has 1 aliphatic rings. The smallest absolute Gasteiger partial charge is 0.323 e. The molecule has 5 rings (SSSR count). The van der Waals surface area contributed by atoms with Crippen LogP contribution >= 0.6 is 0 Å². The van der Waals surface area contributed by atoms with Crippen LogP contribution in [0.5, 0.6) is 5.75 Å². The third-order valence-corrected chi connectivity index (χ3v) is 5.59. The van der Waals surface area contributed by atoms with E-state index in [0.717, 1.165) is 22.2 Å². The van der Waals surface area contributed by atoms with Gasteiger partial charge in [-0.25, -0.2) is 9.78 Å². The minimum atomic E-state index is -1.76. The first kappa shape index (κ1) is 17.7. The number of nitrogens with zero attached hydrogens (tertiary/aromatic N) is 2. The van der Waals surface area contributed by atoms with E-state index in [0.29, 0.717) is 41.3 Å². The number of methoxy groups -OCH3 is 1. The molecule has 1 aliphatic heterocycles. The van der Waals surface area contributed by atoms with Gasteiger partial charge in [0.2, 0.25) is 0 Å². The van der Waals surface area contributed by atoms with Crippen molar-refractivity contribution in [3.8, 4) is 5.75 Å². The van der Waals surface area contributed by atoms with Crippen molar-refractivity contribution in [3.05, 3.63) is 77.6 Å². The number of carbonyl (C=O) groups is 1. The lowest BCUT2D eigenvalue weighted by molar-refractivity contribution is 0.262. The fraction of sp³-hybridized carbons (Fsp3) is 0.200. The van der Waals surface area contributed by atoms with Crippen molar-refractivity contribution in [2.45, 2.75) is 19.8 Å². The fourth-order valence-electron chi connectivity index (χ4n) is 4.06. The molecule has 0 bridgehead atoms. The van der Waals surface area contributed by atoms with Gasteiger partial charge in [-0.05, 0) is 60.9 Å². The normalized spacial score (nSPS) is 14.0. The van der Waals surface area contributed by atoms with Gasteiger partial charge in [-0.1, -0.05) is 12.1 Å². The van der Waals surface area contributed by atoms with Crippen molar-refractivity contribution < 1.29 is 12.3 Å². The lowest BCUT2D eigenvalue weighted by Crippen LogP contribution is -2.21. The number of hydrogen-bond acceptors (Lipinski definition) is 4. The van der Waals surface area contributed by atoms with E-state index in [1.54, 1.807) is 30.5 Å². The highest BCUT2D eigenvalue weighted by Gasteiger charge is 2.23. The van der Waals surface area contributed by atoms with Crippen LogP contribution in [0.1, 0.15) is 19.4 Å². The quantitative estimate of drug-likeness (QED) is 0.413. The second-order valence-corrected chi connectivity index (χ2v) is 7.70. The molecule has 0 atom stereocenters. The van der Waals surface area contributed by atoms with E-state index in [-0.39, 0.29) is 6.03 Å². The number of urea groups is 1. The summed E-state index contributed by atoms with van der Waals surface area (Å²) in [4.78, 5) is 21.9. The zero-order chi connectivity index (χ0) is 23.9. The monoisotopic (exact) mass is 429 g/mol. The molecule has 0 unspecified atom stereocenters. The van der Waals surface area contributed by atoms with Crippen LogP contribution in [-0.4, -0.2) is 29.7 Å². The SMILES string of the molecule is [2H]C([2H])(c1c[nH]c2ncccc12)N1CCc2c(NC(=O)Nc3cc(C)ccc3OC)cccc21. The number of carbonyl (C=O) groups excluding carboxylic acids is 1. The number of hydrogen-bond donors (Lipinski definition) is 3. The molecule has 3 N–H and O–H groups in total. The summed E-state index contributed by atoms with van der Waals surface area (Å²) in [5.41, 5.74) is 5.08. The van der Waals surface area contributed by atoms with Crippen LogP contribution in [0.25, 0.3) is 11.0 Å². The van der Waals surface area contributed by atoms with E-state index in [1.165, 1.54) is 0 Å². The maximum atomic E-state index is 12.8. The predicted molar refractivity (Wildman–Crippen MR) is 128 cm³/mol. The Morgan fingerprint density at radius 1 is 1.22 bits per heavy atom. The van der Waals surface area contributed by atoms with Gasteiger partial charge in [0.05, 0.1) is 15.5 Å². The highest BCUT2D eigenvalue weighted by Crippen LogP contribution is 2.35. The average Bonchev–Trinajstić information content (AvgIpc) is 3.45. The molecule has 2 aromatic heterocycles. The molecule has 2 amide bonds. The van der Waals surface area contributed by atoms with E-state index in [9.17, 15) is 4.79 Å². The number of amides is 2. The predicted octanol–water partition coefficient (Wildman–Crippen LogP) is 5.09. The van der Waals surface area contributed by atoms with Gasteiger partial charge in [0.25, 0.3) is 0 Å². The Morgan fingerprint density at radius 2 is 2.09 bits per heavy atom. The highest BCUT2D eigenvalue weighted by atomic mass is 16.5. The summed E-state index contributed by atoms with van der Waals surface area (Å²) < 4.78 is 23.2. The summed E-state index contributed by atoms with van der Waals surface area (Å²) >= 11 is 0. The van der Waals surface area contributed by atoms with Gasteiger partial charge < -0.3 is 25.3 Å². The Labute approximate surface area is 189 Å². The fourth-order valence-corrected chi connectivity index (χ4v) is 4.06. The summed E-state index contributed by atoms with van der Waals surface area (Å²) in [7, 11) is 1.56. The molecule has 4 aromatic rings. The van der Waals surface area contributed by atoms with Crippen LogP contribution in [0, 0.1) is 6.92 Å². The molecule has 0 aliphatic carbocycles. The Bertz CT molecular complexity index is 1390. The Hall–Kier alpha value is -4.00. The van der Waals surface area contributed by atoms with Crippen LogP contribution in [0.3, 0.4) is 0 Å². The largest absolute Gasteiger partial charge is 0.495 e. The molecule has 7 heteroatoms. The van der Waals surface area contributed by atoms with Gasteiger partial charge in [-0.15, -0.1) is 0 Å². The van der Waals surface area contributed by atoms with Crippen molar-refractivity contribution in [3.63, 3.8) is 0 Å². The summed E-state index contributed by atoms with van der Waals surface area (Å²) in [5, 5.41) is 6.53. The van der Waals surface area contributed by atoms with Crippen LogP contribution in [0.2, 0.25) is 0 Å². The zero-order valence-electron chi connectivity index (χ0n) is 19.9. The van der Waals surface area contributed by atoms with E-state index >= 15 is 0 Å². The number of anilines is 3. The Balaban J connectivity index is 1.41. The molecule has 0 spiro atoms. The van der Waals surface area contributed by atoms with Gasteiger partial charge in [0.1, 0.15) is 11.4 Å². The van der Waals surface area contributed by atoms with Gasteiger partial charge in [0.15, 0.2) is 0 Å². The molecule has 2 aromatic carbocycles. The van der Waals surface area contributed by atoms with E-state index in [1.807, 2.05) is 49.4 Å². The van der Waals surface area contributed by atoms with Gasteiger partial charge in [-0.3, -0.25) is 0 Å². The lowest BCUT2D eigenvalue weighted by atomic mass is 10.1. The number of H-pyrrole nitrogens is 1. The van der Waals surface area contributed by atoms with Gasteiger partial charge in [-0.2, -0.15) is 0 Å². The summed E-state index contributed by atoms with van der Waals surface area (Å²) in [6.45, 7) is 0.669. The maximum Gasteiger partial charge on any atom is 0.323 e. The molecule has 7 nitrogen and oxygen atoms in total. The molecule has 0 saturated carbocycles. The second kappa shape index (κ2) is 8.26. The topological polar surface area (TPSA) is 82.3 Å². The second-order valence-electron chi connectivity index (χ2n) is 7.70. The minimum Gasteiger partial charge on any atom is -0.495 e. The first-order chi connectivity index (χ1) is 16.4. The van der Waals surface area contributed by atoms with Crippen LogP contribution < -0.4 is 20.3 Å². The molecule has 3 heterocycles. The van der Waals surface area contributed by atoms with Crippen molar-refractivity contribution in [1.29, 1.82) is 0 Å². The maximum absolute atomic E-state index is 12.8. The molecule has 0 radical (unpaired) electrons. The summed E-state index contributed by atoms with van der Waals surface area (Å²) in [6.07, 6.45) is 3.97. The number of aromatic nitrogens is 2. The van der Waals surface area contributed by atoms with Crippen LogP contribution in [0.4, 0.5) is 21.9 Å². The highest BCUT2D eigenvalue weighted by molar-refractivity contribution is 6.01. The third-order valence-electron chi connectivity index (χ3n) is 5.59. The van der Waals surface area contributed by atoms with Crippen molar-refractivity contribution in [1.82, 2.24) is 9.97 Å². The number of nitrogens with one attached hydrogen (secondary N) is 3.